The molecule has 1 aliphatic heterocycles. The van der Waals surface area contributed by atoms with Crippen molar-refractivity contribution in [1.29, 1.82) is 0 Å². The van der Waals surface area contributed by atoms with E-state index in [0.29, 0.717) is 0 Å². The number of hydrogen-bond acceptors (Lipinski definition) is 2. The highest BCUT2D eigenvalue weighted by Crippen LogP contribution is 2.18. The van der Waals surface area contributed by atoms with E-state index >= 15 is 0 Å². The quantitative estimate of drug-likeness (QED) is 0.619. The van der Waals surface area contributed by atoms with Crippen LogP contribution in [0.4, 0.5) is 4.79 Å². The molecule has 0 saturated carbocycles. The van der Waals surface area contributed by atoms with Gasteiger partial charge in [0.2, 0.25) is 0 Å². The van der Waals surface area contributed by atoms with E-state index in [9.17, 15) is 4.79 Å². The van der Waals surface area contributed by atoms with Crippen LogP contribution in [-0.2, 0) is 4.74 Å². The van der Waals surface area contributed by atoms with E-state index in [1.54, 1.807) is 0 Å². The number of rotatable bonds is 0. The Bertz CT molecular complexity index is 220. The van der Waals surface area contributed by atoms with Crippen LogP contribution in [0.25, 0.3) is 0 Å². The van der Waals surface area contributed by atoms with E-state index in [4.69, 9.17) is 4.74 Å². The minimum atomic E-state index is -0.380. The first kappa shape index (κ1) is 12.3. The monoisotopic (exact) mass is 213 g/mol. The molecule has 1 saturated heterocycles. The van der Waals surface area contributed by atoms with Crippen molar-refractivity contribution in [2.45, 2.75) is 52.6 Å². The number of likely N-dealkylation sites (tertiary alicyclic amines) is 1. The summed E-state index contributed by atoms with van der Waals surface area (Å²) in [6.45, 7) is 9.66. The van der Waals surface area contributed by atoms with Crippen LogP contribution in [0, 0.1) is 5.92 Å². The molecule has 0 radical (unpaired) electrons. The number of amides is 1. The van der Waals surface area contributed by atoms with E-state index in [-0.39, 0.29) is 11.7 Å². The SMILES string of the molecule is C[C@@H]1CCCN(C(=O)OC(C)(C)C)CC1. The van der Waals surface area contributed by atoms with E-state index in [2.05, 4.69) is 6.92 Å². The Morgan fingerprint density at radius 1 is 1.27 bits per heavy atom. The summed E-state index contributed by atoms with van der Waals surface area (Å²) in [4.78, 5) is 13.6. The van der Waals surface area contributed by atoms with Crippen molar-refractivity contribution in [3.63, 3.8) is 0 Å². The summed E-state index contributed by atoms with van der Waals surface area (Å²) >= 11 is 0. The molecule has 0 spiro atoms. The second-order valence-electron chi connectivity index (χ2n) is 5.50. The van der Waals surface area contributed by atoms with Gasteiger partial charge in [-0.2, -0.15) is 0 Å². The number of hydrogen-bond donors (Lipinski definition) is 0. The highest BCUT2D eigenvalue weighted by atomic mass is 16.6. The molecule has 0 aromatic carbocycles. The number of carbonyl (C=O) groups is 1. The van der Waals surface area contributed by atoms with Gasteiger partial charge in [-0.15, -0.1) is 0 Å². The maximum Gasteiger partial charge on any atom is 0.410 e. The minimum absolute atomic E-state index is 0.156. The van der Waals surface area contributed by atoms with Gasteiger partial charge in [0.25, 0.3) is 0 Å². The summed E-state index contributed by atoms with van der Waals surface area (Å²) in [6, 6.07) is 0. The maximum atomic E-state index is 11.8. The van der Waals surface area contributed by atoms with Crippen molar-refractivity contribution in [3.8, 4) is 0 Å². The van der Waals surface area contributed by atoms with Crippen LogP contribution in [0.5, 0.6) is 0 Å². The molecule has 0 N–H and O–H groups in total. The summed E-state index contributed by atoms with van der Waals surface area (Å²) in [5, 5.41) is 0. The predicted molar refractivity (Wildman–Crippen MR) is 60.8 cm³/mol. The third-order valence-corrected chi connectivity index (χ3v) is 2.67. The molecular weight excluding hydrogens is 190 g/mol. The molecule has 0 aliphatic carbocycles. The lowest BCUT2D eigenvalue weighted by atomic mass is 10.0. The van der Waals surface area contributed by atoms with Crippen LogP contribution in [0.2, 0.25) is 0 Å². The van der Waals surface area contributed by atoms with Gasteiger partial charge < -0.3 is 9.64 Å². The fourth-order valence-corrected chi connectivity index (χ4v) is 1.77. The summed E-state index contributed by atoms with van der Waals surface area (Å²) in [5.41, 5.74) is -0.380. The van der Waals surface area contributed by atoms with Crippen molar-refractivity contribution >= 4 is 6.09 Å². The van der Waals surface area contributed by atoms with E-state index < -0.39 is 0 Å². The van der Waals surface area contributed by atoms with Gasteiger partial charge in [-0.1, -0.05) is 6.92 Å². The Hall–Kier alpha value is -0.730. The van der Waals surface area contributed by atoms with Crippen molar-refractivity contribution < 1.29 is 9.53 Å². The predicted octanol–water partition coefficient (Wildman–Crippen LogP) is 3.04. The number of nitrogens with zero attached hydrogens (tertiary/aromatic N) is 1. The van der Waals surface area contributed by atoms with Crippen LogP contribution < -0.4 is 0 Å². The number of ether oxygens (including phenoxy) is 1. The van der Waals surface area contributed by atoms with Crippen LogP contribution in [0.15, 0.2) is 0 Å². The van der Waals surface area contributed by atoms with E-state index in [1.165, 1.54) is 6.42 Å². The zero-order chi connectivity index (χ0) is 11.5. The average Bonchev–Trinajstić information content (AvgIpc) is 2.26. The van der Waals surface area contributed by atoms with Gasteiger partial charge in [-0.25, -0.2) is 4.79 Å². The largest absolute Gasteiger partial charge is 0.444 e. The van der Waals surface area contributed by atoms with Gasteiger partial charge in [-0.05, 0) is 46.0 Å². The van der Waals surface area contributed by atoms with Gasteiger partial charge in [0.05, 0.1) is 0 Å². The third kappa shape index (κ3) is 4.54. The first-order valence-electron chi connectivity index (χ1n) is 5.86. The lowest BCUT2D eigenvalue weighted by Gasteiger charge is -2.26. The molecule has 1 rings (SSSR count). The fraction of sp³-hybridized carbons (Fsp3) is 0.917. The first-order valence-corrected chi connectivity index (χ1v) is 5.86. The van der Waals surface area contributed by atoms with Crippen molar-refractivity contribution in [1.82, 2.24) is 4.90 Å². The smallest absolute Gasteiger partial charge is 0.410 e. The standard InChI is InChI=1S/C12H23NO2/c1-10-6-5-8-13(9-7-10)11(14)15-12(2,3)4/h10H,5-9H2,1-4H3/t10-/m1/s1. The molecule has 1 amide bonds. The molecule has 0 aromatic heterocycles. The van der Waals surface area contributed by atoms with Crippen molar-refractivity contribution in [2.75, 3.05) is 13.1 Å². The van der Waals surface area contributed by atoms with Crippen LogP contribution in [-0.4, -0.2) is 29.7 Å². The third-order valence-electron chi connectivity index (χ3n) is 2.67. The lowest BCUT2D eigenvalue weighted by molar-refractivity contribution is 0.0255. The molecule has 1 heterocycles. The second kappa shape index (κ2) is 4.86. The molecule has 0 unspecified atom stereocenters. The van der Waals surface area contributed by atoms with Gasteiger partial charge in [0, 0.05) is 13.1 Å². The summed E-state index contributed by atoms with van der Waals surface area (Å²) in [6.07, 6.45) is 3.26. The molecule has 3 nitrogen and oxygen atoms in total. The normalized spacial score (nSPS) is 23.5. The molecule has 3 heteroatoms. The highest BCUT2D eigenvalue weighted by molar-refractivity contribution is 5.68. The molecule has 88 valence electrons. The summed E-state index contributed by atoms with van der Waals surface area (Å²) in [7, 11) is 0. The van der Waals surface area contributed by atoms with Crippen LogP contribution >= 0.6 is 0 Å². The van der Waals surface area contributed by atoms with E-state index in [1.807, 2.05) is 25.7 Å². The highest BCUT2D eigenvalue weighted by Gasteiger charge is 2.23. The van der Waals surface area contributed by atoms with E-state index in [0.717, 1.165) is 31.8 Å². The molecular formula is C12H23NO2. The van der Waals surface area contributed by atoms with Gasteiger partial charge >= 0.3 is 6.09 Å². The zero-order valence-electron chi connectivity index (χ0n) is 10.4. The topological polar surface area (TPSA) is 29.5 Å². The van der Waals surface area contributed by atoms with Crippen molar-refractivity contribution in [3.05, 3.63) is 0 Å². The molecule has 1 atom stereocenters. The van der Waals surface area contributed by atoms with Gasteiger partial charge in [0.15, 0.2) is 0 Å². The van der Waals surface area contributed by atoms with Gasteiger partial charge in [-0.3, -0.25) is 0 Å². The Kier molecular flexibility index (Phi) is 4.00. The zero-order valence-corrected chi connectivity index (χ0v) is 10.4. The molecule has 0 bridgehead atoms. The summed E-state index contributed by atoms with van der Waals surface area (Å²) < 4.78 is 5.35. The Balaban J connectivity index is 2.45. The fourth-order valence-electron chi connectivity index (χ4n) is 1.77. The Morgan fingerprint density at radius 2 is 1.93 bits per heavy atom. The molecule has 1 fully saturated rings. The minimum Gasteiger partial charge on any atom is -0.444 e. The maximum absolute atomic E-state index is 11.8. The van der Waals surface area contributed by atoms with Gasteiger partial charge in [0.1, 0.15) is 5.60 Å². The Morgan fingerprint density at radius 3 is 2.53 bits per heavy atom. The van der Waals surface area contributed by atoms with Crippen LogP contribution in [0.3, 0.4) is 0 Å². The average molecular weight is 213 g/mol. The first-order chi connectivity index (χ1) is 6.88. The van der Waals surface area contributed by atoms with Crippen molar-refractivity contribution in [2.24, 2.45) is 5.92 Å². The molecule has 1 aliphatic rings. The molecule has 0 aromatic rings. The van der Waals surface area contributed by atoms with Crippen LogP contribution in [0.1, 0.15) is 47.0 Å². The lowest BCUT2D eigenvalue weighted by Crippen LogP contribution is -2.37. The summed E-state index contributed by atoms with van der Waals surface area (Å²) in [5.74, 6) is 0.734. The Labute approximate surface area is 92.8 Å². The molecule has 15 heavy (non-hydrogen) atoms. The number of carbonyl (C=O) groups excluding carboxylic acids is 1. The second-order valence-corrected chi connectivity index (χ2v) is 5.50.